The number of piperidine rings is 1. The van der Waals surface area contributed by atoms with E-state index in [2.05, 4.69) is 4.98 Å². The van der Waals surface area contributed by atoms with Crippen LogP contribution in [0.1, 0.15) is 39.2 Å². The zero-order valence-corrected chi connectivity index (χ0v) is 28.3. The SMILES string of the molecule is CC(C)(C)OC(=O)N1CCC(C(F)(F)c2cc(Cl)nc(N3CCN(S(=O)(=O)c4ccc5c(c4)OC[C@@H]4[C@H](CO)OC(=O)N54)CC3)c2)CC1. The summed E-state index contributed by atoms with van der Waals surface area (Å²) in [5.74, 6) is -3.85. The lowest BCUT2D eigenvalue weighted by molar-refractivity contribution is -0.0861. The third-order valence-corrected chi connectivity index (χ3v) is 11.1. The van der Waals surface area contributed by atoms with Gasteiger partial charge in [-0.05, 0) is 57.9 Å². The van der Waals surface area contributed by atoms with Gasteiger partial charge in [-0.2, -0.15) is 4.31 Å². The van der Waals surface area contributed by atoms with Crippen LogP contribution in [0.4, 0.5) is 29.9 Å². The Labute approximate surface area is 282 Å². The summed E-state index contributed by atoms with van der Waals surface area (Å²) in [6.45, 7) is 5.67. The van der Waals surface area contributed by atoms with Gasteiger partial charge in [-0.25, -0.2) is 31.8 Å². The van der Waals surface area contributed by atoms with E-state index in [-0.39, 0.29) is 92.5 Å². The summed E-state index contributed by atoms with van der Waals surface area (Å²) in [6, 6.07) is 6.15. The number of halogens is 3. The molecule has 1 aromatic carbocycles. The minimum Gasteiger partial charge on any atom is -0.489 e. The van der Waals surface area contributed by atoms with Crippen LogP contribution in [0.2, 0.25) is 5.15 Å². The predicted molar refractivity (Wildman–Crippen MR) is 170 cm³/mol. The Morgan fingerprint density at radius 2 is 1.77 bits per heavy atom. The van der Waals surface area contributed by atoms with Gasteiger partial charge < -0.3 is 29.1 Å². The van der Waals surface area contributed by atoms with Crippen molar-refractivity contribution in [2.24, 2.45) is 5.92 Å². The molecule has 1 aromatic heterocycles. The number of hydrogen-bond donors (Lipinski definition) is 1. The highest BCUT2D eigenvalue weighted by Crippen LogP contribution is 2.44. The number of carbonyl (C=O) groups is 2. The van der Waals surface area contributed by atoms with Crippen molar-refractivity contribution in [3.05, 3.63) is 41.0 Å². The lowest BCUT2D eigenvalue weighted by Gasteiger charge is -2.37. The average Bonchev–Trinajstić information content (AvgIpc) is 3.39. The second kappa shape index (κ2) is 12.8. The minimum atomic E-state index is -3.98. The third kappa shape index (κ3) is 6.59. The summed E-state index contributed by atoms with van der Waals surface area (Å²) in [5.41, 5.74) is -0.618. The molecule has 2 aromatic rings. The van der Waals surface area contributed by atoms with Crippen LogP contribution in [0, 0.1) is 5.92 Å². The summed E-state index contributed by atoms with van der Waals surface area (Å²) in [5, 5.41) is 9.41. The monoisotopic (exact) mass is 713 g/mol. The first-order valence-corrected chi connectivity index (χ1v) is 17.6. The van der Waals surface area contributed by atoms with E-state index >= 15 is 8.78 Å². The number of carbonyl (C=O) groups excluding carboxylic acids is 2. The third-order valence-electron chi connectivity index (χ3n) is 9.02. The van der Waals surface area contributed by atoms with Crippen LogP contribution in [0.3, 0.4) is 0 Å². The molecule has 0 bridgehead atoms. The van der Waals surface area contributed by atoms with E-state index in [1.165, 1.54) is 38.4 Å². The van der Waals surface area contributed by atoms with Crippen LogP contribution in [0.25, 0.3) is 0 Å². The number of piperazine rings is 1. The standard InChI is InChI=1S/C31H38ClF2N5O8S/c1-30(2,3)47-28(41)37-8-6-19(7-9-37)31(33,34)20-14-26(32)35-27(15-20)36-10-12-38(13-11-36)48(43,44)21-4-5-22-24(16-21)45-18-23-25(17-40)46-29(42)39(22)23/h4-5,14-16,19,23,25,40H,6-13,17-18H2,1-3H3/t23-,25+/m1/s1. The first-order valence-electron chi connectivity index (χ1n) is 15.7. The van der Waals surface area contributed by atoms with Gasteiger partial charge >= 0.3 is 12.2 Å². The number of anilines is 2. The number of pyridine rings is 1. The van der Waals surface area contributed by atoms with Crippen molar-refractivity contribution >= 4 is 45.3 Å². The van der Waals surface area contributed by atoms with Crippen LogP contribution in [0.15, 0.2) is 35.2 Å². The molecule has 262 valence electrons. The topological polar surface area (TPSA) is 142 Å². The molecule has 5 heterocycles. The summed E-state index contributed by atoms with van der Waals surface area (Å²) >= 11 is 6.24. The fourth-order valence-electron chi connectivity index (χ4n) is 6.46. The maximum Gasteiger partial charge on any atom is 0.415 e. The number of rotatable bonds is 6. The quantitative estimate of drug-likeness (QED) is 0.436. The summed E-state index contributed by atoms with van der Waals surface area (Å²) in [7, 11) is -3.98. The van der Waals surface area contributed by atoms with Crippen molar-refractivity contribution in [2.75, 3.05) is 62.3 Å². The first-order chi connectivity index (χ1) is 22.6. The maximum atomic E-state index is 15.8. The zero-order chi connectivity index (χ0) is 34.6. The normalized spacial score (nSPS) is 22.6. The Morgan fingerprint density at radius 1 is 1.08 bits per heavy atom. The van der Waals surface area contributed by atoms with E-state index in [4.69, 9.17) is 25.8 Å². The van der Waals surface area contributed by atoms with Crippen molar-refractivity contribution in [2.45, 2.75) is 62.2 Å². The first kappa shape index (κ1) is 34.4. The fraction of sp³-hybridized carbons (Fsp3) is 0.581. The number of aliphatic hydroxyl groups excluding tert-OH is 1. The molecule has 0 radical (unpaired) electrons. The highest BCUT2D eigenvalue weighted by molar-refractivity contribution is 7.89. The molecule has 13 nitrogen and oxygen atoms in total. The zero-order valence-electron chi connectivity index (χ0n) is 26.8. The Balaban J connectivity index is 1.11. The number of alkyl halides is 2. The van der Waals surface area contributed by atoms with Gasteiger partial charge in [-0.15, -0.1) is 0 Å². The largest absolute Gasteiger partial charge is 0.489 e. The number of cyclic esters (lactones) is 1. The van der Waals surface area contributed by atoms with Crippen LogP contribution in [-0.4, -0.2) is 110 Å². The van der Waals surface area contributed by atoms with Crippen molar-refractivity contribution in [3.8, 4) is 5.75 Å². The number of sulfonamides is 1. The Bertz CT molecular complexity index is 1680. The predicted octanol–water partition coefficient (Wildman–Crippen LogP) is 4.06. The van der Waals surface area contributed by atoms with Crippen LogP contribution in [-0.2, 0) is 25.4 Å². The second-order valence-corrected chi connectivity index (χ2v) is 15.6. The molecule has 2 amide bonds. The minimum absolute atomic E-state index is 0.0278. The van der Waals surface area contributed by atoms with E-state index in [1.54, 1.807) is 25.7 Å². The van der Waals surface area contributed by atoms with E-state index in [0.717, 1.165) is 6.07 Å². The Morgan fingerprint density at radius 3 is 2.42 bits per heavy atom. The van der Waals surface area contributed by atoms with Gasteiger partial charge in [0.25, 0.3) is 5.92 Å². The number of amides is 2. The molecule has 48 heavy (non-hydrogen) atoms. The van der Waals surface area contributed by atoms with Gasteiger partial charge in [0.05, 0.1) is 17.2 Å². The molecule has 6 rings (SSSR count). The van der Waals surface area contributed by atoms with Crippen LogP contribution >= 0.6 is 11.6 Å². The van der Waals surface area contributed by atoms with E-state index in [9.17, 15) is 23.1 Å². The second-order valence-electron chi connectivity index (χ2n) is 13.3. The summed E-state index contributed by atoms with van der Waals surface area (Å²) in [6.07, 6.45) is -1.75. The lowest BCUT2D eigenvalue weighted by Crippen LogP contribution is -2.49. The molecule has 4 aliphatic rings. The number of hydrogen-bond acceptors (Lipinski definition) is 10. The van der Waals surface area contributed by atoms with E-state index < -0.39 is 51.8 Å². The smallest absolute Gasteiger partial charge is 0.415 e. The highest BCUT2D eigenvalue weighted by atomic mass is 35.5. The van der Waals surface area contributed by atoms with Gasteiger partial charge in [-0.3, -0.25) is 4.90 Å². The molecule has 3 saturated heterocycles. The molecule has 0 aliphatic carbocycles. The number of aliphatic hydroxyl groups is 1. The van der Waals surface area contributed by atoms with Crippen molar-refractivity contribution in [1.29, 1.82) is 0 Å². The number of ether oxygens (including phenoxy) is 3. The van der Waals surface area contributed by atoms with Gasteiger partial charge in [0.15, 0.2) is 6.10 Å². The molecule has 0 spiro atoms. The summed E-state index contributed by atoms with van der Waals surface area (Å²) < 4.78 is 76.5. The van der Waals surface area contributed by atoms with Crippen LogP contribution < -0.4 is 14.5 Å². The molecule has 0 unspecified atom stereocenters. The number of benzene rings is 1. The summed E-state index contributed by atoms with van der Waals surface area (Å²) in [4.78, 5) is 33.6. The maximum absolute atomic E-state index is 15.8. The molecule has 2 atom stereocenters. The molecule has 1 N–H and O–H groups in total. The molecule has 3 fully saturated rings. The molecular formula is C31H38ClF2N5O8S. The van der Waals surface area contributed by atoms with Gasteiger partial charge in [0.1, 0.15) is 35.0 Å². The van der Waals surface area contributed by atoms with E-state index in [0.29, 0.717) is 5.69 Å². The molecule has 0 saturated carbocycles. The number of fused-ring (bicyclic) bond motifs is 3. The van der Waals surface area contributed by atoms with Crippen LogP contribution in [0.5, 0.6) is 5.75 Å². The van der Waals surface area contributed by atoms with Crippen molar-refractivity contribution in [1.82, 2.24) is 14.2 Å². The Kier molecular flexibility index (Phi) is 9.15. The lowest BCUT2D eigenvalue weighted by atomic mass is 9.86. The molecule has 4 aliphatic heterocycles. The van der Waals surface area contributed by atoms with Gasteiger partial charge in [0, 0.05) is 56.8 Å². The molecular weight excluding hydrogens is 676 g/mol. The average molecular weight is 714 g/mol. The highest BCUT2D eigenvalue weighted by Gasteiger charge is 2.47. The van der Waals surface area contributed by atoms with Crippen molar-refractivity contribution < 1.29 is 46.1 Å². The number of nitrogens with zero attached hydrogens (tertiary/aromatic N) is 5. The Hall–Kier alpha value is -3.47. The van der Waals surface area contributed by atoms with E-state index in [1.807, 2.05) is 0 Å². The fourth-order valence-corrected chi connectivity index (χ4v) is 8.10. The van der Waals surface area contributed by atoms with Gasteiger partial charge in [-0.1, -0.05) is 11.6 Å². The number of likely N-dealkylation sites (tertiary alicyclic amines) is 1. The number of aromatic nitrogens is 1. The van der Waals surface area contributed by atoms with Crippen molar-refractivity contribution in [3.63, 3.8) is 0 Å². The molecule has 17 heteroatoms. The van der Waals surface area contributed by atoms with Gasteiger partial charge in [0.2, 0.25) is 10.0 Å².